The van der Waals surface area contributed by atoms with Crippen molar-refractivity contribution in [2.24, 2.45) is 23.7 Å². The molecule has 1 N–H and O–H groups in total. The highest BCUT2D eigenvalue weighted by molar-refractivity contribution is 6.30. The average Bonchev–Trinajstić information content (AvgIpc) is 3.38. The molecule has 3 heterocycles. The Morgan fingerprint density at radius 3 is 2.31 bits per heavy atom. The fourth-order valence-corrected chi connectivity index (χ4v) is 9.23. The van der Waals surface area contributed by atoms with Crippen LogP contribution in [0.25, 0.3) is 0 Å². The molecule has 0 spiro atoms. The van der Waals surface area contributed by atoms with Crippen molar-refractivity contribution in [2.45, 2.75) is 148 Å². The summed E-state index contributed by atoms with van der Waals surface area (Å²) in [6, 6.07) is 6.61. The number of rotatable bonds is 10. The first-order chi connectivity index (χ1) is 25.3. The SMILES string of the molecule is CCC1OC(=O)[C@H](C)C(=O)[C@H](C)[C@@H](O[C@@H]2O[C@H](C)C[C@H](N(C)C)[C@H]2O)[C@](C)(OC)C[C@@H](C)C(=O)[C@H](C)[C@H]2N(CCCCc3cccc(Cl)c3)C(=O)O[C@]12C. The van der Waals surface area contributed by atoms with Crippen LogP contribution in [0.1, 0.15) is 93.1 Å². The highest BCUT2D eigenvalue weighted by Crippen LogP contribution is 2.43. The lowest BCUT2D eigenvalue weighted by Crippen LogP contribution is -2.60. The van der Waals surface area contributed by atoms with Crippen LogP contribution >= 0.6 is 11.6 Å². The number of esters is 1. The standard InChI is InChI=1S/C41H63ClN2O10/c1-12-31-41(8)35(44(39(49)54-41)19-14-13-16-28-17-15-18-29(42)21-28)25(4)32(45)23(2)22-40(7,50-11)36(26(5)33(46)27(6)37(48)52-31)53-38-34(47)30(43(9)10)20-24(3)51-38/h15,17-18,21,23-27,30-31,34-36,38,47H,12-14,16,19-20,22H2,1-11H3/t23-,24-,25+,26+,27-,30+,31?,34-,35-,36-,38+,40-,41-/m1/s1. The van der Waals surface area contributed by atoms with Crippen LogP contribution in [0.15, 0.2) is 24.3 Å². The molecule has 12 nitrogen and oxygen atoms in total. The quantitative estimate of drug-likeness (QED) is 0.173. The minimum Gasteiger partial charge on any atom is -0.458 e. The third-order valence-corrected chi connectivity index (χ3v) is 12.4. The number of carbonyl (C=O) groups excluding carboxylic acids is 4. The van der Waals surface area contributed by atoms with E-state index in [1.54, 1.807) is 32.6 Å². The van der Waals surface area contributed by atoms with Crippen LogP contribution in [0.2, 0.25) is 5.02 Å². The Hall–Kier alpha value is -2.61. The topological polar surface area (TPSA) is 141 Å². The number of hydrogen-bond acceptors (Lipinski definition) is 11. The predicted molar refractivity (Wildman–Crippen MR) is 204 cm³/mol. The number of aliphatic hydroxyl groups excluding tert-OH is 1. The van der Waals surface area contributed by atoms with E-state index in [2.05, 4.69) is 0 Å². The second kappa shape index (κ2) is 18.1. The third kappa shape index (κ3) is 9.32. The molecule has 54 heavy (non-hydrogen) atoms. The van der Waals surface area contributed by atoms with Gasteiger partial charge in [0.2, 0.25) is 0 Å². The van der Waals surface area contributed by atoms with Crippen molar-refractivity contribution < 1.29 is 48.0 Å². The van der Waals surface area contributed by atoms with Crippen LogP contribution in [-0.4, -0.2) is 120 Å². The molecule has 0 bridgehead atoms. The first kappa shape index (κ1) is 44.1. The van der Waals surface area contributed by atoms with E-state index in [0.29, 0.717) is 24.4 Å². The number of hydrogen-bond donors (Lipinski definition) is 1. The lowest BCUT2D eigenvalue weighted by atomic mass is 9.73. The molecule has 3 saturated heterocycles. The van der Waals surface area contributed by atoms with E-state index < -0.39 is 83.4 Å². The second-order valence-electron chi connectivity index (χ2n) is 16.5. The molecule has 13 atom stereocenters. The normalized spacial score (nSPS) is 38.6. The molecule has 0 aromatic heterocycles. The molecule has 1 aromatic carbocycles. The molecule has 0 saturated carbocycles. The molecular weight excluding hydrogens is 716 g/mol. The Labute approximate surface area is 326 Å². The number of carbonyl (C=O) groups is 4. The molecule has 304 valence electrons. The molecule has 13 heteroatoms. The van der Waals surface area contributed by atoms with Crippen LogP contribution in [0, 0.1) is 23.7 Å². The smallest absolute Gasteiger partial charge is 0.410 e. The number of benzene rings is 1. The summed E-state index contributed by atoms with van der Waals surface area (Å²) in [6.07, 6.45) is -1.84. The summed E-state index contributed by atoms with van der Waals surface area (Å²) in [5.41, 5.74) is -1.55. The number of ketones is 2. The first-order valence-electron chi connectivity index (χ1n) is 19.5. The van der Waals surface area contributed by atoms with Crippen molar-refractivity contribution in [2.75, 3.05) is 27.7 Å². The molecule has 3 aliphatic heterocycles. The van der Waals surface area contributed by atoms with Crippen molar-refractivity contribution in [1.29, 1.82) is 0 Å². The fraction of sp³-hybridized carbons (Fsp3) is 0.756. The van der Waals surface area contributed by atoms with Crippen molar-refractivity contribution in [1.82, 2.24) is 9.80 Å². The van der Waals surface area contributed by atoms with Gasteiger partial charge in [0, 0.05) is 42.5 Å². The number of amides is 1. The van der Waals surface area contributed by atoms with Crippen LogP contribution in [0.3, 0.4) is 0 Å². The lowest BCUT2D eigenvalue weighted by molar-refractivity contribution is -0.295. The molecular formula is C41H63ClN2O10. The van der Waals surface area contributed by atoms with Crippen LogP contribution < -0.4 is 0 Å². The van der Waals surface area contributed by atoms with E-state index in [4.69, 9.17) is 35.3 Å². The zero-order valence-electron chi connectivity index (χ0n) is 34.0. The number of methoxy groups -OCH3 is 1. The largest absolute Gasteiger partial charge is 0.458 e. The molecule has 1 amide bonds. The van der Waals surface area contributed by atoms with Crippen LogP contribution in [-0.2, 0) is 44.5 Å². The maximum Gasteiger partial charge on any atom is 0.410 e. The number of Topliss-reactive ketones (excluding diaryl/α,β-unsaturated/α-hetero) is 2. The van der Waals surface area contributed by atoms with E-state index in [0.717, 1.165) is 18.4 Å². The van der Waals surface area contributed by atoms with Crippen molar-refractivity contribution >= 4 is 35.2 Å². The lowest BCUT2D eigenvalue weighted by Gasteiger charge is -2.47. The number of unbranched alkanes of at least 4 members (excludes halogenated alkanes) is 1. The predicted octanol–water partition coefficient (Wildman–Crippen LogP) is 5.87. The number of likely N-dealkylation sites (N-methyl/N-ethyl adjacent to an activating group) is 1. The Kier molecular flexibility index (Phi) is 14.8. The Bertz CT molecular complexity index is 1490. The van der Waals surface area contributed by atoms with Gasteiger partial charge in [0.1, 0.15) is 23.9 Å². The number of nitrogens with zero attached hydrogens (tertiary/aromatic N) is 2. The summed E-state index contributed by atoms with van der Waals surface area (Å²) in [7, 11) is 5.24. The van der Waals surface area contributed by atoms with Crippen LogP contribution in [0.4, 0.5) is 4.79 Å². The fourth-order valence-electron chi connectivity index (χ4n) is 9.01. The van der Waals surface area contributed by atoms with Gasteiger partial charge in [-0.1, -0.05) is 51.4 Å². The first-order valence-corrected chi connectivity index (χ1v) is 19.9. The van der Waals surface area contributed by atoms with Gasteiger partial charge >= 0.3 is 12.1 Å². The molecule has 3 fully saturated rings. The second-order valence-corrected chi connectivity index (χ2v) is 16.9. The zero-order valence-corrected chi connectivity index (χ0v) is 34.8. The number of halogens is 1. The number of aryl methyl sites for hydroxylation is 1. The van der Waals surface area contributed by atoms with Gasteiger partial charge in [0.15, 0.2) is 17.7 Å². The monoisotopic (exact) mass is 778 g/mol. The molecule has 4 rings (SSSR count). The molecule has 1 unspecified atom stereocenters. The van der Waals surface area contributed by atoms with Crippen molar-refractivity contribution in [3.8, 4) is 0 Å². The van der Waals surface area contributed by atoms with Gasteiger partial charge in [0.05, 0.1) is 23.9 Å². The van der Waals surface area contributed by atoms with Gasteiger partial charge in [0.25, 0.3) is 0 Å². The molecule has 0 radical (unpaired) electrons. The summed E-state index contributed by atoms with van der Waals surface area (Å²) in [6.45, 7) is 14.3. The number of fused-ring (bicyclic) bond motifs is 1. The van der Waals surface area contributed by atoms with E-state index in [-0.39, 0.29) is 30.8 Å². The molecule has 0 aliphatic carbocycles. The Morgan fingerprint density at radius 1 is 1.02 bits per heavy atom. The molecule has 1 aromatic rings. The van der Waals surface area contributed by atoms with E-state index in [1.807, 2.05) is 64.0 Å². The van der Waals surface area contributed by atoms with E-state index in [1.165, 1.54) is 14.0 Å². The van der Waals surface area contributed by atoms with Crippen molar-refractivity contribution in [3.05, 3.63) is 34.9 Å². The minimum atomic E-state index is -1.38. The van der Waals surface area contributed by atoms with Gasteiger partial charge in [-0.25, -0.2) is 4.79 Å². The maximum absolute atomic E-state index is 14.6. The molecule has 3 aliphatic rings. The minimum absolute atomic E-state index is 0.137. The highest BCUT2D eigenvalue weighted by atomic mass is 35.5. The summed E-state index contributed by atoms with van der Waals surface area (Å²) >= 11 is 6.19. The Balaban J connectivity index is 1.71. The zero-order chi connectivity index (χ0) is 40.3. The number of aliphatic hydroxyl groups is 1. The van der Waals surface area contributed by atoms with Gasteiger partial charge in [-0.15, -0.1) is 0 Å². The van der Waals surface area contributed by atoms with Crippen LogP contribution in [0.5, 0.6) is 0 Å². The van der Waals surface area contributed by atoms with E-state index >= 15 is 0 Å². The maximum atomic E-state index is 14.6. The summed E-state index contributed by atoms with van der Waals surface area (Å²) in [4.78, 5) is 60.0. The average molecular weight is 779 g/mol. The third-order valence-electron chi connectivity index (χ3n) is 12.2. The summed E-state index contributed by atoms with van der Waals surface area (Å²) in [5.74, 6) is -4.89. The number of cyclic esters (lactones) is 1. The number of ether oxygens (including phenoxy) is 5. The summed E-state index contributed by atoms with van der Waals surface area (Å²) < 4.78 is 31.1. The van der Waals surface area contributed by atoms with Crippen molar-refractivity contribution in [3.63, 3.8) is 0 Å². The van der Waals surface area contributed by atoms with Gasteiger partial charge < -0.3 is 38.6 Å². The van der Waals surface area contributed by atoms with E-state index in [9.17, 15) is 24.3 Å². The van der Waals surface area contributed by atoms with Gasteiger partial charge in [-0.05, 0) is 98.0 Å². The van der Waals surface area contributed by atoms with Gasteiger partial charge in [-0.3, -0.25) is 14.4 Å². The Morgan fingerprint density at radius 2 is 1.70 bits per heavy atom. The van der Waals surface area contributed by atoms with Gasteiger partial charge in [-0.2, -0.15) is 0 Å². The summed E-state index contributed by atoms with van der Waals surface area (Å²) in [5, 5.41) is 12.1. The highest BCUT2D eigenvalue weighted by Gasteiger charge is 2.60.